The number of carbonyl (C=O) groups excluding carboxylic acids is 1. The molecule has 8 nitrogen and oxygen atoms in total. The van der Waals surface area contributed by atoms with E-state index in [1.165, 1.54) is 35.1 Å². The molecule has 4 aromatic rings. The SMILES string of the molecule is O=C(Nc1ccnc2cc(-c3ccccc3C(F)F)nn12)c1c[nH]c(=O)cn1. The summed E-state index contributed by atoms with van der Waals surface area (Å²) in [4.78, 5) is 33.7. The summed E-state index contributed by atoms with van der Waals surface area (Å²) in [6, 6.07) is 9.11. The van der Waals surface area contributed by atoms with Crippen molar-refractivity contribution in [3.63, 3.8) is 0 Å². The molecule has 0 aliphatic rings. The van der Waals surface area contributed by atoms with Crippen molar-refractivity contribution < 1.29 is 13.6 Å². The Bertz CT molecular complexity index is 1210. The molecule has 0 aliphatic heterocycles. The average molecular weight is 382 g/mol. The molecule has 4 rings (SSSR count). The molecule has 0 fully saturated rings. The van der Waals surface area contributed by atoms with Gasteiger partial charge in [-0.05, 0) is 6.07 Å². The first-order valence-electron chi connectivity index (χ1n) is 8.11. The number of halogens is 2. The maximum absolute atomic E-state index is 13.3. The van der Waals surface area contributed by atoms with E-state index in [0.717, 1.165) is 6.20 Å². The molecule has 3 aromatic heterocycles. The number of aromatic nitrogens is 5. The zero-order valence-corrected chi connectivity index (χ0v) is 14.1. The Morgan fingerprint density at radius 1 is 1.18 bits per heavy atom. The summed E-state index contributed by atoms with van der Waals surface area (Å²) in [5.41, 5.74) is 0.368. The predicted octanol–water partition coefficient (Wildman–Crippen LogP) is 2.67. The topological polar surface area (TPSA) is 105 Å². The first-order valence-corrected chi connectivity index (χ1v) is 8.11. The largest absolute Gasteiger partial charge is 0.325 e. The number of rotatable bonds is 4. The lowest BCUT2D eigenvalue weighted by Crippen LogP contribution is -2.18. The highest BCUT2D eigenvalue weighted by Gasteiger charge is 2.17. The van der Waals surface area contributed by atoms with Crippen molar-refractivity contribution in [1.29, 1.82) is 0 Å². The van der Waals surface area contributed by atoms with Crippen molar-refractivity contribution >= 4 is 17.4 Å². The second-order valence-electron chi connectivity index (χ2n) is 5.77. The normalized spacial score (nSPS) is 11.1. The van der Waals surface area contributed by atoms with Crippen LogP contribution in [0.15, 0.2) is 59.8 Å². The fourth-order valence-corrected chi connectivity index (χ4v) is 2.69. The van der Waals surface area contributed by atoms with Gasteiger partial charge < -0.3 is 10.3 Å². The van der Waals surface area contributed by atoms with Crippen LogP contribution in [0.25, 0.3) is 16.9 Å². The second kappa shape index (κ2) is 6.99. The minimum absolute atomic E-state index is 0.0000113. The number of H-pyrrole nitrogens is 1. The van der Waals surface area contributed by atoms with Crippen molar-refractivity contribution in [3.05, 3.63) is 76.6 Å². The summed E-state index contributed by atoms with van der Waals surface area (Å²) in [5, 5.41) is 6.93. The third-order valence-corrected chi connectivity index (χ3v) is 3.98. The highest BCUT2D eigenvalue weighted by Crippen LogP contribution is 2.31. The van der Waals surface area contributed by atoms with Gasteiger partial charge in [0.25, 0.3) is 17.9 Å². The summed E-state index contributed by atoms with van der Waals surface area (Å²) in [6.07, 6.45) is 0.975. The molecule has 0 bridgehead atoms. The van der Waals surface area contributed by atoms with E-state index in [0.29, 0.717) is 11.3 Å². The molecule has 10 heteroatoms. The van der Waals surface area contributed by atoms with E-state index in [2.05, 4.69) is 25.4 Å². The molecule has 0 unspecified atom stereocenters. The van der Waals surface area contributed by atoms with E-state index < -0.39 is 17.9 Å². The molecule has 1 aromatic carbocycles. The molecule has 2 N–H and O–H groups in total. The standard InChI is InChI=1S/C18H12F2N6O2/c19-17(20)11-4-2-1-3-10(11)12-7-15-21-6-5-14(26(15)25-12)24-18(28)13-8-23-16(27)9-22-13/h1-9,17H,(H,23,27)(H,24,28). The highest BCUT2D eigenvalue weighted by molar-refractivity contribution is 6.02. The molecule has 0 atom stereocenters. The summed E-state index contributed by atoms with van der Waals surface area (Å²) in [5.74, 6) is -0.308. The lowest BCUT2D eigenvalue weighted by atomic mass is 10.1. The van der Waals surface area contributed by atoms with Gasteiger partial charge in [-0.15, -0.1) is 0 Å². The molecule has 140 valence electrons. The predicted molar refractivity (Wildman–Crippen MR) is 96.2 cm³/mol. The quantitative estimate of drug-likeness (QED) is 0.565. The number of fused-ring (bicyclic) bond motifs is 1. The number of anilines is 1. The lowest BCUT2D eigenvalue weighted by Gasteiger charge is -2.07. The molecule has 1 amide bonds. The van der Waals surface area contributed by atoms with Crippen molar-refractivity contribution in [2.45, 2.75) is 6.43 Å². The van der Waals surface area contributed by atoms with Gasteiger partial charge in [0.05, 0.1) is 11.9 Å². The molecule has 0 saturated heterocycles. The van der Waals surface area contributed by atoms with Crippen LogP contribution in [0.5, 0.6) is 0 Å². The fraction of sp³-hybridized carbons (Fsp3) is 0.0556. The number of nitrogens with zero attached hydrogens (tertiary/aromatic N) is 4. The van der Waals surface area contributed by atoms with Crippen molar-refractivity contribution in [2.24, 2.45) is 0 Å². The number of benzene rings is 1. The van der Waals surface area contributed by atoms with Gasteiger partial charge in [-0.25, -0.2) is 18.7 Å². The zero-order valence-electron chi connectivity index (χ0n) is 14.1. The molecular weight excluding hydrogens is 370 g/mol. The van der Waals surface area contributed by atoms with Crippen LogP contribution < -0.4 is 10.9 Å². The second-order valence-corrected chi connectivity index (χ2v) is 5.77. The molecular formula is C18H12F2N6O2. The molecule has 0 saturated carbocycles. The highest BCUT2D eigenvalue weighted by atomic mass is 19.3. The Kier molecular flexibility index (Phi) is 4.36. The molecule has 0 spiro atoms. The van der Waals surface area contributed by atoms with E-state index >= 15 is 0 Å². The zero-order chi connectivity index (χ0) is 19.7. The van der Waals surface area contributed by atoms with Gasteiger partial charge in [-0.2, -0.15) is 9.61 Å². The van der Waals surface area contributed by atoms with Gasteiger partial charge in [0.2, 0.25) is 0 Å². The third-order valence-electron chi connectivity index (χ3n) is 3.98. The van der Waals surface area contributed by atoms with E-state index in [-0.39, 0.29) is 22.6 Å². The van der Waals surface area contributed by atoms with Crippen LogP contribution in [0.2, 0.25) is 0 Å². The molecule has 3 heterocycles. The number of alkyl halides is 2. The van der Waals surface area contributed by atoms with Crippen LogP contribution in [0.4, 0.5) is 14.6 Å². The van der Waals surface area contributed by atoms with Gasteiger partial charge in [-0.1, -0.05) is 24.3 Å². The summed E-state index contributed by atoms with van der Waals surface area (Å²) >= 11 is 0. The van der Waals surface area contributed by atoms with Crippen LogP contribution in [-0.2, 0) is 0 Å². The Hall–Kier alpha value is -3.95. The van der Waals surface area contributed by atoms with Crippen LogP contribution in [-0.4, -0.2) is 30.5 Å². The summed E-state index contributed by atoms with van der Waals surface area (Å²) in [7, 11) is 0. The van der Waals surface area contributed by atoms with Crippen LogP contribution in [0.3, 0.4) is 0 Å². The summed E-state index contributed by atoms with van der Waals surface area (Å²) < 4.78 is 27.9. The Morgan fingerprint density at radius 2 is 2.00 bits per heavy atom. The fourth-order valence-electron chi connectivity index (χ4n) is 2.69. The van der Waals surface area contributed by atoms with Gasteiger partial charge in [0, 0.05) is 29.6 Å². The van der Waals surface area contributed by atoms with Crippen LogP contribution in [0, 0.1) is 0 Å². The van der Waals surface area contributed by atoms with Crippen LogP contribution in [0.1, 0.15) is 22.5 Å². The van der Waals surface area contributed by atoms with E-state index in [4.69, 9.17) is 0 Å². The number of nitrogens with one attached hydrogen (secondary N) is 2. The van der Waals surface area contributed by atoms with Crippen molar-refractivity contribution in [1.82, 2.24) is 24.6 Å². The minimum Gasteiger partial charge on any atom is -0.325 e. The summed E-state index contributed by atoms with van der Waals surface area (Å²) in [6.45, 7) is 0. The number of hydrogen-bond donors (Lipinski definition) is 2. The van der Waals surface area contributed by atoms with E-state index in [1.54, 1.807) is 18.2 Å². The van der Waals surface area contributed by atoms with Gasteiger partial charge >= 0.3 is 0 Å². The molecule has 28 heavy (non-hydrogen) atoms. The number of carbonyl (C=O) groups is 1. The lowest BCUT2D eigenvalue weighted by molar-refractivity contribution is 0.102. The maximum atomic E-state index is 13.3. The smallest absolute Gasteiger partial charge is 0.276 e. The monoisotopic (exact) mass is 382 g/mol. The number of aromatic amines is 1. The van der Waals surface area contributed by atoms with E-state index in [1.807, 2.05) is 0 Å². The van der Waals surface area contributed by atoms with Gasteiger partial charge in [0.1, 0.15) is 11.5 Å². The number of hydrogen-bond acceptors (Lipinski definition) is 5. The molecule has 0 aliphatic carbocycles. The minimum atomic E-state index is -2.65. The van der Waals surface area contributed by atoms with Crippen molar-refractivity contribution in [3.8, 4) is 11.3 Å². The van der Waals surface area contributed by atoms with Crippen molar-refractivity contribution in [2.75, 3.05) is 5.32 Å². The average Bonchev–Trinajstić information content (AvgIpc) is 3.13. The maximum Gasteiger partial charge on any atom is 0.276 e. The first kappa shape index (κ1) is 17.5. The Morgan fingerprint density at radius 3 is 2.75 bits per heavy atom. The van der Waals surface area contributed by atoms with Gasteiger partial charge in [-0.3, -0.25) is 9.59 Å². The Balaban J connectivity index is 1.73. The number of amides is 1. The molecule has 0 radical (unpaired) electrons. The van der Waals surface area contributed by atoms with Crippen LogP contribution >= 0.6 is 0 Å². The Labute approximate surface area is 155 Å². The van der Waals surface area contributed by atoms with E-state index in [9.17, 15) is 18.4 Å². The van der Waals surface area contributed by atoms with Gasteiger partial charge in [0.15, 0.2) is 5.65 Å². The third kappa shape index (κ3) is 3.22. The first-order chi connectivity index (χ1) is 13.5.